The van der Waals surface area contributed by atoms with Crippen LogP contribution < -0.4 is 4.90 Å². The van der Waals surface area contributed by atoms with Gasteiger partial charge < -0.3 is 9.30 Å². The lowest BCUT2D eigenvalue weighted by molar-refractivity contribution is 0.660. The number of hydrogen-bond donors (Lipinski definition) is 0. The van der Waals surface area contributed by atoms with Crippen LogP contribution in [0.3, 0.4) is 0 Å². The lowest BCUT2D eigenvalue weighted by atomic mass is 9.82. The number of para-hydroxylation sites is 2. The van der Waals surface area contributed by atoms with Crippen LogP contribution in [0.1, 0.15) is 25.0 Å². The zero-order valence-electron chi connectivity index (χ0n) is 29.7. The maximum Gasteiger partial charge on any atom is 0.0621 e. The van der Waals surface area contributed by atoms with Crippen LogP contribution in [0.15, 0.2) is 182 Å². The van der Waals surface area contributed by atoms with Crippen LogP contribution in [0, 0.1) is 0 Å². The van der Waals surface area contributed by atoms with Crippen LogP contribution in [0.5, 0.6) is 0 Å². The first-order valence-electron chi connectivity index (χ1n) is 18.5. The van der Waals surface area contributed by atoms with Crippen molar-refractivity contribution in [2.45, 2.75) is 19.3 Å². The highest BCUT2D eigenvalue weighted by atomic mass is 15.1. The molecule has 0 amide bonds. The largest absolute Gasteiger partial charge is 0.310 e. The van der Waals surface area contributed by atoms with Gasteiger partial charge in [-0.2, -0.15) is 0 Å². The van der Waals surface area contributed by atoms with E-state index in [1.165, 1.54) is 88.3 Å². The fourth-order valence-corrected chi connectivity index (χ4v) is 9.24. The monoisotopic (exact) mass is 676 g/mol. The van der Waals surface area contributed by atoms with E-state index in [9.17, 15) is 0 Å². The zero-order valence-corrected chi connectivity index (χ0v) is 29.7. The number of rotatable bonds is 5. The quantitative estimate of drug-likeness (QED) is 0.176. The zero-order chi connectivity index (χ0) is 35.3. The van der Waals surface area contributed by atoms with Crippen molar-refractivity contribution in [1.82, 2.24) is 4.40 Å². The molecule has 1 aliphatic rings. The average Bonchev–Trinajstić information content (AvgIpc) is 3.82. The maximum atomic E-state index is 2.52. The summed E-state index contributed by atoms with van der Waals surface area (Å²) in [6, 6.07) is 67.2. The molecule has 11 rings (SSSR count). The van der Waals surface area contributed by atoms with Gasteiger partial charge in [0.15, 0.2) is 0 Å². The molecule has 0 spiro atoms. The third-order valence-corrected chi connectivity index (χ3v) is 11.7. The Morgan fingerprint density at radius 3 is 1.79 bits per heavy atom. The second-order valence-corrected chi connectivity index (χ2v) is 15.0. The Morgan fingerprint density at radius 2 is 1.02 bits per heavy atom. The van der Waals surface area contributed by atoms with E-state index < -0.39 is 0 Å². The van der Waals surface area contributed by atoms with E-state index in [4.69, 9.17) is 0 Å². The van der Waals surface area contributed by atoms with Crippen molar-refractivity contribution in [1.29, 1.82) is 0 Å². The number of benzene rings is 8. The van der Waals surface area contributed by atoms with Gasteiger partial charge in [0, 0.05) is 38.3 Å². The molecule has 0 bridgehead atoms. The average molecular weight is 677 g/mol. The van der Waals surface area contributed by atoms with Crippen molar-refractivity contribution in [3.05, 3.63) is 193 Å². The molecule has 2 nitrogen and oxygen atoms in total. The Morgan fingerprint density at radius 1 is 0.415 bits per heavy atom. The molecule has 0 saturated heterocycles. The highest BCUT2D eigenvalue weighted by Crippen LogP contribution is 2.52. The lowest BCUT2D eigenvalue weighted by Crippen LogP contribution is -2.16. The van der Waals surface area contributed by atoms with Crippen molar-refractivity contribution < 1.29 is 0 Å². The van der Waals surface area contributed by atoms with Gasteiger partial charge in [-0.1, -0.05) is 147 Å². The molecule has 0 unspecified atom stereocenters. The molecule has 0 N–H and O–H groups in total. The first kappa shape index (κ1) is 30.0. The van der Waals surface area contributed by atoms with Gasteiger partial charge in [0.1, 0.15) is 0 Å². The topological polar surface area (TPSA) is 7.65 Å². The lowest BCUT2D eigenvalue weighted by Gasteiger charge is -2.29. The summed E-state index contributed by atoms with van der Waals surface area (Å²) in [5.41, 5.74) is 17.2. The van der Waals surface area contributed by atoms with E-state index >= 15 is 0 Å². The number of fused-ring (bicyclic) bond motifs is 9. The summed E-state index contributed by atoms with van der Waals surface area (Å²) in [5, 5.41) is 5.11. The van der Waals surface area contributed by atoms with Crippen molar-refractivity contribution in [2.24, 2.45) is 0 Å². The number of anilines is 3. The Hall–Kier alpha value is -6.64. The van der Waals surface area contributed by atoms with Crippen LogP contribution in [-0.2, 0) is 5.41 Å². The predicted molar refractivity (Wildman–Crippen MR) is 224 cm³/mol. The SMILES string of the molecule is CC1(C)c2ccccc2-c2ccc(N(c3cc(-c4ccccc4)cc(-c4ccccc4)c3)c3cccc4c3c3cccc5c6ccccc6n4c53)cc21. The Kier molecular flexibility index (Phi) is 6.33. The number of aromatic nitrogens is 1. The molecular formula is C51H36N2. The van der Waals surface area contributed by atoms with E-state index in [0.717, 1.165) is 11.4 Å². The summed E-state index contributed by atoms with van der Waals surface area (Å²) in [6.07, 6.45) is 0. The van der Waals surface area contributed by atoms with Crippen molar-refractivity contribution in [2.75, 3.05) is 4.90 Å². The van der Waals surface area contributed by atoms with E-state index in [1.807, 2.05) is 0 Å². The molecule has 0 saturated carbocycles. The second kappa shape index (κ2) is 11.2. The summed E-state index contributed by atoms with van der Waals surface area (Å²) < 4.78 is 2.48. The molecule has 53 heavy (non-hydrogen) atoms. The smallest absolute Gasteiger partial charge is 0.0621 e. The van der Waals surface area contributed by atoms with Crippen molar-refractivity contribution in [3.63, 3.8) is 0 Å². The molecule has 2 heteroatoms. The second-order valence-electron chi connectivity index (χ2n) is 15.0. The van der Waals surface area contributed by atoms with Crippen LogP contribution in [0.4, 0.5) is 17.1 Å². The minimum absolute atomic E-state index is 0.129. The van der Waals surface area contributed by atoms with Gasteiger partial charge >= 0.3 is 0 Å². The molecule has 250 valence electrons. The fraction of sp³-hybridized carbons (Fsp3) is 0.0588. The van der Waals surface area contributed by atoms with Gasteiger partial charge in [-0.15, -0.1) is 0 Å². The molecule has 0 radical (unpaired) electrons. The van der Waals surface area contributed by atoms with Gasteiger partial charge in [0.25, 0.3) is 0 Å². The molecule has 2 aromatic heterocycles. The predicted octanol–water partition coefficient (Wildman–Crippen LogP) is 13.9. The van der Waals surface area contributed by atoms with Crippen molar-refractivity contribution in [3.8, 4) is 33.4 Å². The highest BCUT2D eigenvalue weighted by molar-refractivity contribution is 6.26. The molecule has 8 aromatic carbocycles. The molecular weight excluding hydrogens is 641 g/mol. The number of hydrogen-bond acceptors (Lipinski definition) is 1. The molecule has 2 heterocycles. The van der Waals surface area contributed by atoms with Crippen LogP contribution in [-0.4, -0.2) is 4.40 Å². The molecule has 10 aromatic rings. The highest BCUT2D eigenvalue weighted by Gasteiger charge is 2.36. The van der Waals surface area contributed by atoms with Gasteiger partial charge in [0.05, 0.1) is 22.2 Å². The van der Waals surface area contributed by atoms with Crippen molar-refractivity contribution >= 4 is 55.2 Å². The van der Waals surface area contributed by atoms with Gasteiger partial charge in [-0.05, 0) is 93.0 Å². The number of nitrogens with zero attached hydrogens (tertiary/aromatic N) is 2. The van der Waals surface area contributed by atoms with Crippen LogP contribution >= 0.6 is 0 Å². The molecule has 1 aliphatic carbocycles. The third kappa shape index (κ3) is 4.33. The van der Waals surface area contributed by atoms with Gasteiger partial charge in [-0.3, -0.25) is 0 Å². The summed E-state index contributed by atoms with van der Waals surface area (Å²) in [7, 11) is 0. The first-order chi connectivity index (χ1) is 26.1. The Balaban J connectivity index is 1.24. The minimum Gasteiger partial charge on any atom is -0.310 e. The summed E-state index contributed by atoms with van der Waals surface area (Å²) in [6.45, 7) is 4.74. The summed E-state index contributed by atoms with van der Waals surface area (Å²) in [5.74, 6) is 0. The summed E-state index contributed by atoms with van der Waals surface area (Å²) in [4.78, 5) is 2.52. The molecule has 0 aliphatic heterocycles. The molecule has 0 fully saturated rings. The Bertz CT molecular complexity index is 2970. The standard InChI is InChI=1S/C51H36N2/c1-51(2)44-23-11-9-19-39(44)40-28-27-37(32-45(40)51)52(38-30-35(33-15-5-3-6-16-33)29-36(31-38)34-17-7-4-8-18-34)47-25-14-26-48-49(47)43-22-13-21-42-41-20-10-12-24-46(41)53(48)50(42)43/h3-32H,1-2H3. The van der Waals surface area contributed by atoms with Crippen LogP contribution in [0.25, 0.3) is 71.5 Å². The first-order valence-corrected chi connectivity index (χ1v) is 18.5. The van der Waals surface area contributed by atoms with E-state index in [2.05, 4.69) is 205 Å². The van der Waals surface area contributed by atoms with Crippen LogP contribution in [0.2, 0.25) is 0 Å². The maximum absolute atomic E-state index is 2.52. The molecule has 0 atom stereocenters. The van der Waals surface area contributed by atoms with Gasteiger partial charge in [-0.25, -0.2) is 0 Å². The minimum atomic E-state index is -0.129. The van der Waals surface area contributed by atoms with E-state index in [-0.39, 0.29) is 5.41 Å². The Labute approximate surface area is 309 Å². The van der Waals surface area contributed by atoms with Gasteiger partial charge in [0.2, 0.25) is 0 Å². The fourth-order valence-electron chi connectivity index (χ4n) is 9.24. The summed E-state index contributed by atoms with van der Waals surface area (Å²) >= 11 is 0. The third-order valence-electron chi connectivity index (χ3n) is 11.7. The normalized spacial score (nSPS) is 13.2. The van der Waals surface area contributed by atoms with E-state index in [0.29, 0.717) is 0 Å². The van der Waals surface area contributed by atoms with E-state index in [1.54, 1.807) is 0 Å².